The summed E-state index contributed by atoms with van der Waals surface area (Å²) >= 11 is 0. The molecule has 2 saturated heterocycles. The molecule has 0 amide bonds. The maximum absolute atomic E-state index is 9.97. The summed E-state index contributed by atoms with van der Waals surface area (Å²) in [6, 6.07) is 5.63. The second-order valence-electron chi connectivity index (χ2n) is 6.37. The van der Waals surface area contributed by atoms with Crippen LogP contribution in [-0.4, -0.2) is 50.4 Å². The van der Waals surface area contributed by atoms with Gasteiger partial charge in [0.2, 0.25) is 5.60 Å². The van der Waals surface area contributed by atoms with E-state index in [1.54, 1.807) is 26.0 Å². The van der Waals surface area contributed by atoms with Gasteiger partial charge < -0.3 is 25.1 Å². The normalized spacial score (nSPS) is 34.3. The zero-order valence-corrected chi connectivity index (χ0v) is 13.2. The molecule has 0 spiro atoms. The Morgan fingerprint density at radius 2 is 2.17 bits per heavy atom. The molecule has 0 saturated carbocycles. The minimum absolute atomic E-state index is 0.287. The van der Waals surface area contributed by atoms with Crippen molar-refractivity contribution < 1.29 is 19.3 Å². The summed E-state index contributed by atoms with van der Waals surface area (Å²) in [4.78, 5) is 3.94. The summed E-state index contributed by atoms with van der Waals surface area (Å²) in [6.07, 6.45) is -0.637. The predicted molar refractivity (Wildman–Crippen MR) is 80.5 cm³/mol. The number of aliphatic hydroxyl groups excluding tert-OH is 1. The largest absolute Gasteiger partial charge is 0.394 e. The molecule has 0 bridgehead atoms. The van der Waals surface area contributed by atoms with E-state index in [9.17, 15) is 10.4 Å². The van der Waals surface area contributed by atoms with E-state index in [4.69, 9.17) is 19.9 Å². The molecule has 4 atom stereocenters. The minimum atomic E-state index is -1.47. The molecule has 4 unspecified atom stereocenters. The van der Waals surface area contributed by atoms with E-state index >= 15 is 0 Å². The Morgan fingerprint density at radius 3 is 2.88 bits per heavy atom. The molecule has 0 aliphatic carbocycles. The Balaban J connectivity index is 1.90. The van der Waals surface area contributed by atoms with Gasteiger partial charge in [0.1, 0.15) is 36.2 Å². The number of rotatable bonds is 2. The van der Waals surface area contributed by atoms with Gasteiger partial charge in [-0.05, 0) is 26.0 Å². The van der Waals surface area contributed by atoms with Gasteiger partial charge in [-0.25, -0.2) is 9.50 Å². The van der Waals surface area contributed by atoms with Gasteiger partial charge in [-0.1, -0.05) is 0 Å². The van der Waals surface area contributed by atoms with Crippen molar-refractivity contribution in [2.75, 3.05) is 12.3 Å². The van der Waals surface area contributed by atoms with Crippen LogP contribution in [-0.2, 0) is 19.8 Å². The minimum Gasteiger partial charge on any atom is -0.394 e. The van der Waals surface area contributed by atoms with Crippen LogP contribution in [0.5, 0.6) is 0 Å². The van der Waals surface area contributed by atoms with Gasteiger partial charge in [-0.2, -0.15) is 10.4 Å². The van der Waals surface area contributed by atoms with Crippen LogP contribution < -0.4 is 5.73 Å². The first kappa shape index (κ1) is 15.3. The Labute approximate surface area is 137 Å². The van der Waals surface area contributed by atoms with Crippen LogP contribution in [0.3, 0.4) is 0 Å². The van der Waals surface area contributed by atoms with Gasteiger partial charge in [0.25, 0.3) is 0 Å². The summed E-state index contributed by atoms with van der Waals surface area (Å²) in [7, 11) is 0. The van der Waals surface area contributed by atoms with Gasteiger partial charge in [0, 0.05) is 0 Å². The van der Waals surface area contributed by atoms with Crippen molar-refractivity contribution in [1.29, 1.82) is 5.26 Å². The zero-order chi connectivity index (χ0) is 17.1. The molecular formula is C15H17N5O4. The number of hydrogen-bond donors (Lipinski definition) is 2. The van der Waals surface area contributed by atoms with Gasteiger partial charge >= 0.3 is 0 Å². The van der Waals surface area contributed by atoms with Crippen LogP contribution in [0.4, 0.5) is 5.82 Å². The quantitative estimate of drug-likeness (QED) is 0.783. The molecule has 9 nitrogen and oxygen atoms in total. The summed E-state index contributed by atoms with van der Waals surface area (Å²) in [6.45, 7) is 3.24. The Bertz CT molecular complexity index is 844. The molecule has 4 rings (SSSR count). The molecule has 2 aliphatic rings. The van der Waals surface area contributed by atoms with Crippen LogP contribution in [0.15, 0.2) is 18.5 Å². The van der Waals surface area contributed by atoms with E-state index in [-0.39, 0.29) is 6.61 Å². The maximum Gasteiger partial charge on any atom is 0.226 e. The van der Waals surface area contributed by atoms with E-state index in [0.717, 1.165) is 0 Å². The summed E-state index contributed by atoms with van der Waals surface area (Å²) in [5.41, 5.74) is 5.41. The number of nitriles is 1. The molecule has 2 aliphatic heterocycles. The Morgan fingerprint density at radius 1 is 1.38 bits per heavy atom. The molecule has 0 aromatic carbocycles. The standard InChI is InChI=1S/C15H17N5O4/c1-14(2)23-11-9(5-21)22-15(6-16,12(11)24-14)10-4-3-8-13(17)18-7-19-20(8)10/h3-4,7,9,11-12,21H,5H2,1-2H3,(H2,17,18,19). The predicted octanol–water partition coefficient (Wildman–Crippen LogP) is -0.0584. The molecule has 2 aromatic heterocycles. The number of ether oxygens (including phenoxy) is 3. The van der Waals surface area contributed by atoms with Crippen LogP contribution in [0, 0.1) is 11.3 Å². The van der Waals surface area contributed by atoms with E-state index in [1.165, 1.54) is 10.8 Å². The Kier molecular flexibility index (Phi) is 3.10. The molecule has 3 N–H and O–H groups in total. The van der Waals surface area contributed by atoms with Crippen LogP contribution in [0.25, 0.3) is 5.52 Å². The van der Waals surface area contributed by atoms with Crippen LogP contribution in [0.2, 0.25) is 0 Å². The van der Waals surface area contributed by atoms with Gasteiger partial charge in [-0.15, -0.1) is 0 Å². The van der Waals surface area contributed by atoms with E-state index in [0.29, 0.717) is 17.0 Å². The van der Waals surface area contributed by atoms with Crippen molar-refractivity contribution >= 4 is 11.3 Å². The van der Waals surface area contributed by atoms with Crippen molar-refractivity contribution in [2.45, 2.75) is 43.5 Å². The monoisotopic (exact) mass is 331 g/mol. The lowest BCUT2D eigenvalue weighted by molar-refractivity contribution is -0.204. The highest BCUT2D eigenvalue weighted by Gasteiger charge is 2.65. The Hall–Kier alpha value is -2.25. The lowest BCUT2D eigenvalue weighted by atomic mass is 9.92. The van der Waals surface area contributed by atoms with Crippen molar-refractivity contribution in [3.8, 4) is 6.07 Å². The number of hydrogen-bond acceptors (Lipinski definition) is 8. The highest BCUT2D eigenvalue weighted by atomic mass is 16.8. The smallest absolute Gasteiger partial charge is 0.226 e. The van der Waals surface area contributed by atoms with Crippen molar-refractivity contribution in [2.24, 2.45) is 0 Å². The van der Waals surface area contributed by atoms with Gasteiger partial charge in [-0.3, -0.25) is 0 Å². The maximum atomic E-state index is 9.97. The SMILES string of the molecule is CC1(C)OC2C(CO)OC(C#N)(c3ccc4c(N)ncnn34)C2O1. The third-order valence-corrected chi connectivity index (χ3v) is 4.44. The second kappa shape index (κ2) is 4.87. The van der Waals surface area contributed by atoms with E-state index in [2.05, 4.69) is 16.2 Å². The summed E-state index contributed by atoms with van der Waals surface area (Å²) in [5, 5.41) is 23.8. The molecule has 24 heavy (non-hydrogen) atoms. The van der Waals surface area contributed by atoms with Crippen molar-refractivity contribution in [1.82, 2.24) is 14.6 Å². The average Bonchev–Trinajstić information content (AvgIpc) is 3.18. The second-order valence-corrected chi connectivity index (χ2v) is 6.37. The van der Waals surface area contributed by atoms with E-state index in [1.807, 2.05) is 0 Å². The van der Waals surface area contributed by atoms with Gasteiger partial charge in [0.05, 0.1) is 12.3 Å². The lowest BCUT2D eigenvalue weighted by Crippen LogP contribution is -2.40. The molecule has 9 heteroatoms. The summed E-state index contributed by atoms with van der Waals surface area (Å²) < 4.78 is 19.2. The fourth-order valence-corrected chi connectivity index (χ4v) is 3.48. The molecule has 2 aromatic rings. The molecule has 2 fully saturated rings. The highest BCUT2D eigenvalue weighted by Crippen LogP contribution is 2.49. The fraction of sp³-hybridized carbons (Fsp3) is 0.533. The van der Waals surface area contributed by atoms with Crippen molar-refractivity contribution in [3.63, 3.8) is 0 Å². The fourth-order valence-electron chi connectivity index (χ4n) is 3.48. The lowest BCUT2D eigenvalue weighted by Gasteiger charge is -2.28. The number of nitrogens with zero attached hydrogens (tertiary/aromatic N) is 4. The first-order valence-corrected chi connectivity index (χ1v) is 7.56. The third kappa shape index (κ3) is 1.88. The average molecular weight is 331 g/mol. The van der Waals surface area contributed by atoms with Gasteiger partial charge in [0.15, 0.2) is 11.6 Å². The van der Waals surface area contributed by atoms with Crippen LogP contribution in [0.1, 0.15) is 19.5 Å². The summed E-state index contributed by atoms with van der Waals surface area (Å²) in [5.74, 6) is -0.586. The number of nitrogen functional groups attached to an aromatic ring is 1. The zero-order valence-electron chi connectivity index (χ0n) is 13.2. The first-order chi connectivity index (χ1) is 11.4. The highest BCUT2D eigenvalue weighted by molar-refractivity contribution is 5.66. The molecule has 0 radical (unpaired) electrons. The number of aromatic nitrogens is 3. The third-order valence-electron chi connectivity index (χ3n) is 4.44. The number of nitrogens with two attached hydrogens (primary N) is 1. The van der Waals surface area contributed by atoms with Crippen LogP contribution >= 0.6 is 0 Å². The number of anilines is 1. The number of fused-ring (bicyclic) bond motifs is 2. The molecule has 4 heterocycles. The number of aliphatic hydroxyl groups is 1. The first-order valence-electron chi connectivity index (χ1n) is 7.56. The molecular weight excluding hydrogens is 314 g/mol. The van der Waals surface area contributed by atoms with E-state index < -0.39 is 29.7 Å². The van der Waals surface area contributed by atoms with Crippen molar-refractivity contribution in [3.05, 3.63) is 24.2 Å². The molecule has 126 valence electrons. The topological polar surface area (TPSA) is 128 Å².